The number of carbonyl (C=O) groups is 1. The van der Waals surface area contributed by atoms with Crippen molar-refractivity contribution in [3.8, 4) is 0 Å². The topological polar surface area (TPSA) is 97.6 Å². The van der Waals surface area contributed by atoms with Crippen molar-refractivity contribution in [1.29, 1.82) is 0 Å². The predicted molar refractivity (Wildman–Crippen MR) is 149 cm³/mol. The molecule has 1 saturated heterocycles. The molecule has 9 nitrogen and oxygen atoms in total. The summed E-state index contributed by atoms with van der Waals surface area (Å²) in [6.45, 7) is 5.80. The van der Waals surface area contributed by atoms with Gasteiger partial charge in [-0.3, -0.25) is 13.9 Å². The first-order chi connectivity index (χ1) is 19.7. The Bertz CT molecular complexity index is 1520. The number of anilines is 1. The summed E-state index contributed by atoms with van der Waals surface area (Å²) in [5.74, 6) is -1.13. The molecule has 1 aromatic heterocycles. The van der Waals surface area contributed by atoms with Crippen molar-refractivity contribution in [2.75, 3.05) is 31.1 Å². The zero-order valence-electron chi connectivity index (χ0n) is 23.5. The monoisotopic (exact) mass is 591 g/mol. The van der Waals surface area contributed by atoms with E-state index >= 15 is 0 Å². The summed E-state index contributed by atoms with van der Waals surface area (Å²) in [4.78, 5) is 41.9. The van der Waals surface area contributed by atoms with E-state index in [1.54, 1.807) is 56.0 Å². The van der Waals surface area contributed by atoms with Crippen LogP contribution in [0.25, 0.3) is 0 Å². The maximum Gasteiger partial charge on any atom is 0.416 e. The maximum absolute atomic E-state index is 14.8. The number of benzene rings is 2. The number of carbonyl (C=O) groups excluding carboxylic acids is 1. The molecule has 1 fully saturated rings. The summed E-state index contributed by atoms with van der Waals surface area (Å²) in [6, 6.07) is 10.2. The summed E-state index contributed by atoms with van der Waals surface area (Å²) in [7, 11) is 0. The Morgan fingerprint density at radius 2 is 1.69 bits per heavy atom. The Morgan fingerprint density at radius 1 is 1.02 bits per heavy atom. The smallest absolute Gasteiger partial charge is 0.416 e. The van der Waals surface area contributed by atoms with Gasteiger partial charge in [0.25, 0.3) is 5.56 Å². The Hall–Kier alpha value is -4.13. The van der Waals surface area contributed by atoms with Crippen LogP contribution in [0, 0.1) is 5.82 Å². The van der Waals surface area contributed by atoms with Crippen LogP contribution in [0.5, 0.6) is 0 Å². The van der Waals surface area contributed by atoms with E-state index in [1.165, 1.54) is 6.20 Å². The number of alkyl carbamates (subject to hydrolysis) is 1. The van der Waals surface area contributed by atoms with Crippen molar-refractivity contribution in [3.05, 3.63) is 98.1 Å². The van der Waals surface area contributed by atoms with Crippen molar-refractivity contribution in [3.63, 3.8) is 0 Å². The largest absolute Gasteiger partial charge is 0.444 e. The summed E-state index contributed by atoms with van der Waals surface area (Å²) in [5, 5.41) is 5.85. The van der Waals surface area contributed by atoms with Gasteiger partial charge in [-0.05, 0) is 38.5 Å². The van der Waals surface area contributed by atoms with Crippen LogP contribution in [-0.4, -0.2) is 47.0 Å². The van der Waals surface area contributed by atoms with Crippen molar-refractivity contribution in [1.82, 2.24) is 19.8 Å². The van der Waals surface area contributed by atoms with E-state index < -0.39 is 58.7 Å². The molecule has 1 aliphatic heterocycles. The first-order valence-corrected chi connectivity index (χ1v) is 13.4. The minimum absolute atomic E-state index is 0.0741. The number of ether oxygens (including phenoxy) is 1. The number of amides is 1. The molecule has 0 saturated carbocycles. The minimum atomic E-state index is -4.87. The zero-order valence-corrected chi connectivity index (χ0v) is 23.5. The molecular weight excluding hydrogens is 558 g/mol. The van der Waals surface area contributed by atoms with Crippen LogP contribution in [0.4, 0.5) is 28.0 Å². The van der Waals surface area contributed by atoms with Gasteiger partial charge in [0.1, 0.15) is 17.1 Å². The van der Waals surface area contributed by atoms with Gasteiger partial charge in [0.15, 0.2) is 0 Å². The second-order valence-electron chi connectivity index (χ2n) is 11.0. The normalized spacial score (nSPS) is 14.9. The third kappa shape index (κ3) is 7.38. The van der Waals surface area contributed by atoms with Crippen LogP contribution in [0.1, 0.15) is 43.5 Å². The lowest BCUT2D eigenvalue weighted by molar-refractivity contribution is -0.138. The summed E-state index contributed by atoms with van der Waals surface area (Å²) >= 11 is 0. The average molecular weight is 592 g/mol. The molecule has 0 unspecified atom stereocenters. The van der Waals surface area contributed by atoms with E-state index in [1.807, 2.05) is 0 Å². The standard InChI is InChI=1S/C29H33F4N5O4/c1-28(2,3)42-26(40)35-23(19-8-5-4-6-9-19)17-38-25(39)24(36-14-12-34-13-15-36)18-37(27(38)41)16-20-21(29(31,32)33)10-7-11-22(20)30/h4-11,18,23,34H,12-17H2,1-3H3,(H,35,40)/t23-/m0/s1. The van der Waals surface area contributed by atoms with Crippen molar-refractivity contribution >= 4 is 11.8 Å². The Kier molecular flexibility index (Phi) is 9.09. The summed E-state index contributed by atoms with van der Waals surface area (Å²) in [6.07, 6.45) is -4.48. The minimum Gasteiger partial charge on any atom is -0.444 e. The summed E-state index contributed by atoms with van der Waals surface area (Å²) in [5.41, 5.74) is -3.78. The van der Waals surface area contributed by atoms with Gasteiger partial charge in [-0.2, -0.15) is 13.2 Å². The highest BCUT2D eigenvalue weighted by molar-refractivity contribution is 5.68. The number of nitrogens with one attached hydrogen (secondary N) is 2. The van der Waals surface area contributed by atoms with Gasteiger partial charge in [0.05, 0.1) is 24.7 Å². The van der Waals surface area contributed by atoms with Crippen LogP contribution >= 0.6 is 0 Å². The highest BCUT2D eigenvalue weighted by Crippen LogP contribution is 2.33. The van der Waals surface area contributed by atoms with Gasteiger partial charge in [-0.25, -0.2) is 14.0 Å². The van der Waals surface area contributed by atoms with Gasteiger partial charge >= 0.3 is 18.0 Å². The number of piperazine rings is 1. The quantitative estimate of drug-likeness (QED) is 0.405. The SMILES string of the molecule is CC(C)(C)OC(=O)N[C@@H](Cn1c(=O)c(N2CCNCC2)cn(Cc2c(F)cccc2C(F)(F)F)c1=O)c1ccccc1. The highest BCUT2D eigenvalue weighted by Gasteiger charge is 2.35. The molecule has 0 radical (unpaired) electrons. The zero-order chi connectivity index (χ0) is 30.7. The average Bonchev–Trinajstić information content (AvgIpc) is 2.92. The van der Waals surface area contributed by atoms with Gasteiger partial charge in [0, 0.05) is 37.9 Å². The fourth-order valence-electron chi connectivity index (χ4n) is 4.74. The lowest BCUT2D eigenvalue weighted by atomic mass is 10.1. The Morgan fingerprint density at radius 3 is 2.31 bits per heavy atom. The number of alkyl halides is 3. The van der Waals surface area contributed by atoms with Gasteiger partial charge in [-0.15, -0.1) is 0 Å². The summed E-state index contributed by atoms with van der Waals surface area (Å²) < 4.78 is 63.2. The molecule has 1 amide bonds. The molecule has 3 aromatic rings. The van der Waals surface area contributed by atoms with E-state index in [0.29, 0.717) is 31.7 Å². The maximum atomic E-state index is 14.8. The second kappa shape index (κ2) is 12.4. The fourth-order valence-corrected chi connectivity index (χ4v) is 4.74. The van der Waals surface area contributed by atoms with Crippen LogP contribution in [0.3, 0.4) is 0 Å². The molecular formula is C29H33F4N5O4. The molecule has 42 heavy (non-hydrogen) atoms. The molecule has 0 aliphatic carbocycles. The molecule has 2 aromatic carbocycles. The molecule has 4 rings (SSSR count). The third-order valence-corrected chi connectivity index (χ3v) is 6.69. The van der Waals surface area contributed by atoms with Crippen LogP contribution in [-0.2, 0) is 24.0 Å². The Balaban J connectivity index is 1.84. The third-order valence-electron chi connectivity index (χ3n) is 6.69. The number of halogens is 4. The van der Waals surface area contributed by atoms with Gasteiger partial charge in [-0.1, -0.05) is 36.4 Å². The van der Waals surface area contributed by atoms with E-state index in [9.17, 15) is 31.9 Å². The number of nitrogens with zero attached hydrogens (tertiary/aromatic N) is 3. The number of aromatic nitrogens is 2. The Labute approximate surface area is 239 Å². The number of rotatable bonds is 7. The van der Waals surface area contributed by atoms with Crippen LogP contribution < -0.4 is 26.8 Å². The van der Waals surface area contributed by atoms with E-state index in [2.05, 4.69) is 10.6 Å². The number of hydrogen-bond donors (Lipinski definition) is 2. The lowest BCUT2D eigenvalue weighted by Gasteiger charge is -2.30. The van der Waals surface area contributed by atoms with Crippen molar-refractivity contribution in [2.24, 2.45) is 0 Å². The van der Waals surface area contributed by atoms with Crippen molar-refractivity contribution in [2.45, 2.75) is 51.7 Å². The molecule has 2 N–H and O–H groups in total. The molecule has 1 atom stereocenters. The van der Waals surface area contributed by atoms with Crippen LogP contribution in [0.2, 0.25) is 0 Å². The van der Waals surface area contributed by atoms with E-state index in [0.717, 1.165) is 27.3 Å². The highest BCUT2D eigenvalue weighted by atomic mass is 19.4. The van der Waals surface area contributed by atoms with E-state index in [-0.39, 0.29) is 12.2 Å². The second-order valence-corrected chi connectivity index (χ2v) is 11.0. The number of hydrogen-bond acceptors (Lipinski definition) is 6. The molecule has 226 valence electrons. The van der Waals surface area contributed by atoms with Crippen LogP contribution in [0.15, 0.2) is 64.3 Å². The van der Waals surface area contributed by atoms with Crippen molar-refractivity contribution < 1.29 is 27.1 Å². The van der Waals surface area contributed by atoms with Gasteiger partial charge in [0.2, 0.25) is 0 Å². The predicted octanol–water partition coefficient (Wildman–Crippen LogP) is 3.89. The first kappa shape index (κ1) is 30.8. The van der Waals surface area contributed by atoms with E-state index in [4.69, 9.17) is 4.74 Å². The molecule has 2 heterocycles. The molecule has 13 heteroatoms. The molecule has 1 aliphatic rings. The fraction of sp³-hybridized carbons (Fsp3) is 0.414. The van der Waals surface area contributed by atoms with Gasteiger partial charge < -0.3 is 20.3 Å². The lowest BCUT2D eigenvalue weighted by Crippen LogP contribution is -2.50. The molecule has 0 spiro atoms. The first-order valence-electron chi connectivity index (χ1n) is 13.4. The molecule has 0 bridgehead atoms.